The van der Waals surface area contributed by atoms with Crippen molar-refractivity contribution in [1.82, 2.24) is 19.5 Å². The topological polar surface area (TPSA) is 129 Å². The highest BCUT2D eigenvalue weighted by atomic mass is 28.4. The van der Waals surface area contributed by atoms with E-state index in [0.29, 0.717) is 22.2 Å². The lowest BCUT2D eigenvalue weighted by Crippen LogP contribution is -2.45. The lowest BCUT2D eigenvalue weighted by Gasteiger charge is -2.36. The van der Waals surface area contributed by atoms with E-state index < -0.39 is 32.9 Å². The van der Waals surface area contributed by atoms with E-state index in [9.17, 15) is 10.2 Å². The fourth-order valence-electron chi connectivity index (χ4n) is 3.41. The van der Waals surface area contributed by atoms with Crippen molar-refractivity contribution in [2.24, 2.45) is 0 Å². The van der Waals surface area contributed by atoms with Gasteiger partial charge in [0.25, 0.3) is 0 Å². The third kappa shape index (κ3) is 3.47. The summed E-state index contributed by atoms with van der Waals surface area (Å²) in [4.78, 5) is 12.3. The van der Waals surface area contributed by atoms with Gasteiger partial charge in [0.05, 0.1) is 12.9 Å². The van der Waals surface area contributed by atoms with Crippen molar-refractivity contribution in [2.75, 3.05) is 12.3 Å². The quantitative estimate of drug-likeness (QED) is 0.627. The maximum atomic E-state index is 10.5. The monoisotopic (exact) mass is 395 g/mol. The average molecular weight is 396 g/mol. The molecule has 0 radical (unpaired) electrons. The molecular weight excluding hydrogens is 366 g/mol. The maximum absolute atomic E-state index is 10.5. The van der Waals surface area contributed by atoms with Gasteiger partial charge < -0.3 is 25.1 Å². The molecule has 0 amide bonds. The first-order valence-corrected chi connectivity index (χ1v) is 11.8. The molecular formula is C17H29N5O4Si. The normalized spacial score (nSPS) is 26.6. The summed E-state index contributed by atoms with van der Waals surface area (Å²) in [5.41, 5.74) is 7.55. The van der Waals surface area contributed by atoms with Crippen LogP contribution in [0.15, 0.2) is 12.7 Å². The molecule has 0 aliphatic carbocycles. The van der Waals surface area contributed by atoms with Gasteiger partial charge in [-0.25, -0.2) is 15.0 Å². The van der Waals surface area contributed by atoms with Crippen molar-refractivity contribution in [3.63, 3.8) is 0 Å². The summed E-state index contributed by atoms with van der Waals surface area (Å²) in [6.07, 6.45) is -0.829. The van der Waals surface area contributed by atoms with Crippen LogP contribution in [0.25, 0.3) is 11.2 Å². The summed E-state index contributed by atoms with van der Waals surface area (Å²) in [6.45, 7) is 11.1. The van der Waals surface area contributed by atoms with Gasteiger partial charge in [-0.05, 0) is 17.6 Å². The Morgan fingerprint density at radius 1 is 1.19 bits per heavy atom. The molecule has 4 atom stereocenters. The second kappa shape index (κ2) is 7.44. The summed E-state index contributed by atoms with van der Waals surface area (Å²) in [5, 5.41) is 21.0. The minimum atomic E-state index is -1.99. The van der Waals surface area contributed by atoms with Crippen LogP contribution in [-0.4, -0.2) is 63.0 Å². The molecule has 0 aromatic carbocycles. The zero-order valence-corrected chi connectivity index (χ0v) is 17.4. The predicted molar refractivity (Wildman–Crippen MR) is 103 cm³/mol. The average Bonchev–Trinajstić information content (AvgIpc) is 3.16. The van der Waals surface area contributed by atoms with Crippen LogP contribution in [0.1, 0.15) is 33.9 Å². The van der Waals surface area contributed by atoms with Gasteiger partial charge in [-0.3, -0.25) is 4.57 Å². The second-order valence-corrected chi connectivity index (χ2v) is 12.9. The number of nitrogens with two attached hydrogens (primary N) is 1. The molecule has 27 heavy (non-hydrogen) atoms. The number of hydrogen-bond acceptors (Lipinski definition) is 8. The molecule has 0 spiro atoms. The Balaban J connectivity index is 1.79. The Morgan fingerprint density at radius 3 is 2.48 bits per heavy atom. The molecule has 4 N–H and O–H groups in total. The molecule has 0 unspecified atom stereocenters. The standard InChI is InChI=1S/C17H29N5O4Si/c1-9(2)27(5,10(3)4)25-6-11-13(23)14(24)17(26-11)22-8-21-12-15(18)19-7-20-16(12)22/h7-11,13-14,17,23-24H,6H2,1-5H3,(H2,18,19,20)/t11-,13-,14+,17-/m1/s1. The zero-order chi connectivity index (χ0) is 19.9. The molecule has 1 saturated heterocycles. The lowest BCUT2D eigenvalue weighted by molar-refractivity contribution is -0.0491. The van der Waals surface area contributed by atoms with E-state index in [1.165, 1.54) is 12.7 Å². The first kappa shape index (κ1) is 20.1. The molecule has 2 aromatic heterocycles. The summed E-state index contributed by atoms with van der Waals surface area (Å²) in [6, 6.07) is 0. The molecule has 10 heteroatoms. The number of anilines is 1. The van der Waals surface area contributed by atoms with E-state index in [2.05, 4.69) is 49.2 Å². The first-order valence-electron chi connectivity index (χ1n) is 9.25. The second-order valence-electron chi connectivity index (χ2n) is 7.93. The molecule has 1 aliphatic heterocycles. The van der Waals surface area contributed by atoms with Gasteiger partial charge in [-0.15, -0.1) is 0 Å². The third-order valence-electron chi connectivity index (χ3n) is 5.85. The smallest absolute Gasteiger partial charge is 0.194 e. The molecule has 1 fully saturated rings. The zero-order valence-electron chi connectivity index (χ0n) is 16.4. The van der Waals surface area contributed by atoms with Crippen LogP contribution in [-0.2, 0) is 9.16 Å². The molecule has 0 saturated carbocycles. The highest BCUT2D eigenvalue weighted by Crippen LogP contribution is 2.36. The molecule has 3 rings (SSSR count). The van der Waals surface area contributed by atoms with Gasteiger partial charge in [0.1, 0.15) is 30.2 Å². The van der Waals surface area contributed by atoms with Crippen molar-refractivity contribution >= 4 is 25.3 Å². The Labute approximate surface area is 159 Å². The van der Waals surface area contributed by atoms with Gasteiger partial charge in [0.15, 0.2) is 26.0 Å². The number of nitrogens with zero attached hydrogens (tertiary/aromatic N) is 4. The van der Waals surface area contributed by atoms with Crippen LogP contribution in [0.2, 0.25) is 17.6 Å². The van der Waals surface area contributed by atoms with Gasteiger partial charge in [-0.2, -0.15) is 0 Å². The minimum Gasteiger partial charge on any atom is -0.414 e. The van der Waals surface area contributed by atoms with Crippen molar-refractivity contribution in [3.8, 4) is 0 Å². The maximum Gasteiger partial charge on any atom is 0.194 e. The molecule has 1 aliphatic rings. The van der Waals surface area contributed by atoms with Crippen LogP contribution in [0, 0.1) is 0 Å². The molecule has 2 aromatic rings. The summed E-state index contributed by atoms with van der Waals surface area (Å²) in [7, 11) is -1.99. The summed E-state index contributed by atoms with van der Waals surface area (Å²) < 4.78 is 13.8. The molecule has 3 heterocycles. The van der Waals surface area contributed by atoms with Crippen LogP contribution in [0.4, 0.5) is 5.82 Å². The van der Waals surface area contributed by atoms with Crippen LogP contribution in [0.5, 0.6) is 0 Å². The number of fused-ring (bicyclic) bond motifs is 1. The number of aromatic nitrogens is 4. The SMILES string of the molecule is CC(C)[Si](C)(OC[C@H]1O[C@@H](n2cnc3c(N)ncnc32)[C@@H](O)[C@@H]1O)C(C)C. The Morgan fingerprint density at radius 2 is 1.85 bits per heavy atom. The number of aliphatic hydroxyl groups is 2. The summed E-state index contributed by atoms with van der Waals surface area (Å²) in [5.74, 6) is 0.252. The number of ether oxygens (including phenoxy) is 1. The van der Waals surface area contributed by atoms with Gasteiger partial charge in [0.2, 0.25) is 0 Å². The van der Waals surface area contributed by atoms with E-state index >= 15 is 0 Å². The van der Waals surface area contributed by atoms with Crippen molar-refractivity contribution < 1.29 is 19.4 Å². The van der Waals surface area contributed by atoms with Crippen LogP contribution < -0.4 is 5.73 Å². The highest BCUT2D eigenvalue weighted by molar-refractivity contribution is 6.75. The van der Waals surface area contributed by atoms with E-state index in [0.717, 1.165) is 0 Å². The Kier molecular flexibility index (Phi) is 5.55. The van der Waals surface area contributed by atoms with Crippen LogP contribution >= 0.6 is 0 Å². The lowest BCUT2D eigenvalue weighted by atomic mass is 10.1. The van der Waals surface area contributed by atoms with E-state index in [1.807, 2.05) is 0 Å². The van der Waals surface area contributed by atoms with Crippen molar-refractivity contribution in [1.29, 1.82) is 0 Å². The first-order chi connectivity index (χ1) is 12.7. The molecule has 9 nitrogen and oxygen atoms in total. The number of imidazole rings is 1. The van der Waals surface area contributed by atoms with E-state index in [1.54, 1.807) is 4.57 Å². The fraction of sp³-hybridized carbons (Fsp3) is 0.706. The Hall–Kier alpha value is -1.59. The van der Waals surface area contributed by atoms with Gasteiger partial charge in [0, 0.05) is 0 Å². The number of hydrogen-bond donors (Lipinski definition) is 3. The van der Waals surface area contributed by atoms with Crippen molar-refractivity contribution in [2.45, 2.75) is 69.9 Å². The molecule has 0 bridgehead atoms. The van der Waals surface area contributed by atoms with Gasteiger partial charge in [-0.1, -0.05) is 27.7 Å². The van der Waals surface area contributed by atoms with Crippen molar-refractivity contribution in [3.05, 3.63) is 12.7 Å². The highest BCUT2D eigenvalue weighted by Gasteiger charge is 2.46. The number of rotatable bonds is 6. The van der Waals surface area contributed by atoms with E-state index in [4.69, 9.17) is 14.9 Å². The summed E-state index contributed by atoms with van der Waals surface area (Å²) >= 11 is 0. The largest absolute Gasteiger partial charge is 0.414 e. The number of aliphatic hydroxyl groups excluding tert-OH is 2. The fourth-order valence-corrected chi connectivity index (χ4v) is 5.94. The molecule has 150 valence electrons. The number of nitrogen functional groups attached to an aromatic ring is 1. The van der Waals surface area contributed by atoms with Gasteiger partial charge >= 0.3 is 0 Å². The van der Waals surface area contributed by atoms with E-state index in [-0.39, 0.29) is 12.4 Å². The van der Waals surface area contributed by atoms with Crippen LogP contribution in [0.3, 0.4) is 0 Å². The Bertz CT molecular complexity index is 791. The third-order valence-corrected chi connectivity index (χ3v) is 11.2. The predicted octanol–water partition coefficient (Wildman–Crippen LogP) is 1.44. The minimum absolute atomic E-state index is 0.234.